The average Bonchev–Trinajstić information content (AvgIpc) is 2.59. The summed E-state index contributed by atoms with van der Waals surface area (Å²) >= 11 is 6.22. The van der Waals surface area contributed by atoms with Gasteiger partial charge in [-0.15, -0.1) is 0 Å². The van der Waals surface area contributed by atoms with Gasteiger partial charge in [0.25, 0.3) is 0 Å². The Balaban J connectivity index is 1.77. The highest BCUT2D eigenvalue weighted by molar-refractivity contribution is 6.33. The first kappa shape index (κ1) is 16.1. The van der Waals surface area contributed by atoms with Crippen molar-refractivity contribution in [1.82, 2.24) is 15.0 Å². The van der Waals surface area contributed by atoms with Gasteiger partial charge in [-0.25, -0.2) is 14.4 Å². The predicted molar refractivity (Wildman–Crippen MR) is 93.0 cm³/mol. The minimum Gasteiger partial charge on any atom is -0.362 e. The first-order valence-corrected chi connectivity index (χ1v) is 7.71. The van der Waals surface area contributed by atoms with Crippen LogP contribution in [0, 0.1) is 5.82 Å². The SMILES string of the molecule is CC(Nc1nc(Nc2cnccn2)ccc1Cl)c1ccc(F)cc1. The maximum atomic E-state index is 13.0. The zero-order valence-electron chi connectivity index (χ0n) is 12.9. The molecular formula is C17H15ClFN5. The summed E-state index contributed by atoms with van der Waals surface area (Å²) < 4.78 is 13.0. The zero-order chi connectivity index (χ0) is 16.9. The largest absolute Gasteiger partial charge is 0.362 e. The van der Waals surface area contributed by atoms with Crippen LogP contribution in [0.4, 0.5) is 21.8 Å². The average molecular weight is 344 g/mol. The van der Waals surface area contributed by atoms with E-state index in [0.717, 1.165) is 5.56 Å². The molecule has 0 bridgehead atoms. The van der Waals surface area contributed by atoms with Crippen LogP contribution in [-0.2, 0) is 0 Å². The molecule has 0 radical (unpaired) electrons. The summed E-state index contributed by atoms with van der Waals surface area (Å²) in [5, 5.41) is 6.78. The second-order valence-corrected chi connectivity index (χ2v) is 5.57. The van der Waals surface area contributed by atoms with Gasteiger partial charge in [0.15, 0.2) is 0 Å². The highest BCUT2D eigenvalue weighted by atomic mass is 35.5. The Hall–Kier alpha value is -2.73. The van der Waals surface area contributed by atoms with Crippen LogP contribution in [0.15, 0.2) is 55.0 Å². The molecule has 1 unspecified atom stereocenters. The van der Waals surface area contributed by atoms with E-state index in [2.05, 4.69) is 25.6 Å². The minimum absolute atomic E-state index is 0.0811. The van der Waals surface area contributed by atoms with Crippen LogP contribution in [0.1, 0.15) is 18.5 Å². The van der Waals surface area contributed by atoms with Crippen LogP contribution < -0.4 is 10.6 Å². The second kappa shape index (κ2) is 7.23. The van der Waals surface area contributed by atoms with Gasteiger partial charge in [-0.05, 0) is 36.8 Å². The molecule has 0 aliphatic heterocycles. The molecule has 0 fully saturated rings. The third-order valence-corrected chi connectivity index (χ3v) is 3.69. The van der Waals surface area contributed by atoms with Gasteiger partial charge in [-0.2, -0.15) is 0 Å². The number of nitrogens with zero attached hydrogens (tertiary/aromatic N) is 3. The van der Waals surface area contributed by atoms with Gasteiger partial charge in [0, 0.05) is 18.4 Å². The molecule has 2 heterocycles. The molecule has 3 rings (SSSR count). The van der Waals surface area contributed by atoms with Gasteiger partial charge in [0.1, 0.15) is 23.3 Å². The summed E-state index contributed by atoms with van der Waals surface area (Å²) in [6.45, 7) is 1.95. The summed E-state index contributed by atoms with van der Waals surface area (Å²) in [6.07, 6.45) is 4.79. The molecule has 0 spiro atoms. The van der Waals surface area contributed by atoms with Crippen molar-refractivity contribution < 1.29 is 4.39 Å². The minimum atomic E-state index is -0.266. The van der Waals surface area contributed by atoms with Gasteiger partial charge >= 0.3 is 0 Å². The van der Waals surface area contributed by atoms with Gasteiger partial charge in [-0.3, -0.25) is 4.98 Å². The maximum absolute atomic E-state index is 13.0. The van der Waals surface area contributed by atoms with Crippen molar-refractivity contribution in [2.45, 2.75) is 13.0 Å². The van der Waals surface area contributed by atoms with Crippen molar-refractivity contribution in [3.63, 3.8) is 0 Å². The van der Waals surface area contributed by atoms with E-state index in [1.807, 2.05) is 6.92 Å². The summed E-state index contributed by atoms with van der Waals surface area (Å²) in [6, 6.07) is 9.72. The van der Waals surface area contributed by atoms with Crippen molar-refractivity contribution in [2.24, 2.45) is 0 Å². The number of nitrogens with one attached hydrogen (secondary N) is 2. The third kappa shape index (κ3) is 3.97. The summed E-state index contributed by atoms with van der Waals surface area (Å²) in [5.74, 6) is 1.44. The molecule has 3 aromatic rings. The number of hydrogen-bond donors (Lipinski definition) is 2. The van der Waals surface area contributed by atoms with Crippen molar-refractivity contribution in [2.75, 3.05) is 10.6 Å². The first-order valence-electron chi connectivity index (χ1n) is 7.33. The highest BCUT2D eigenvalue weighted by Gasteiger charge is 2.10. The Morgan fingerprint density at radius 2 is 1.83 bits per heavy atom. The summed E-state index contributed by atoms with van der Waals surface area (Å²) in [4.78, 5) is 12.6. The number of benzene rings is 1. The Labute approximate surface area is 144 Å². The smallest absolute Gasteiger partial charge is 0.150 e. The van der Waals surface area contributed by atoms with Gasteiger partial charge < -0.3 is 10.6 Å². The molecular weight excluding hydrogens is 329 g/mol. The Morgan fingerprint density at radius 1 is 1.04 bits per heavy atom. The molecule has 1 aromatic carbocycles. The second-order valence-electron chi connectivity index (χ2n) is 5.16. The van der Waals surface area contributed by atoms with Gasteiger partial charge in [0.05, 0.1) is 11.2 Å². The number of rotatable bonds is 5. The Bertz CT molecular complexity index is 811. The quantitative estimate of drug-likeness (QED) is 0.710. The lowest BCUT2D eigenvalue weighted by Gasteiger charge is -2.17. The zero-order valence-corrected chi connectivity index (χ0v) is 13.6. The molecule has 7 heteroatoms. The Morgan fingerprint density at radius 3 is 2.54 bits per heavy atom. The van der Waals surface area contributed by atoms with Crippen molar-refractivity contribution in [1.29, 1.82) is 0 Å². The van der Waals surface area contributed by atoms with Crippen molar-refractivity contribution >= 4 is 29.1 Å². The van der Waals surface area contributed by atoms with Crippen LogP contribution in [0.3, 0.4) is 0 Å². The van der Waals surface area contributed by atoms with E-state index >= 15 is 0 Å². The van der Waals surface area contributed by atoms with Crippen LogP contribution >= 0.6 is 11.6 Å². The topological polar surface area (TPSA) is 62.7 Å². The number of halogens is 2. The van der Waals surface area contributed by atoms with Gasteiger partial charge in [0.2, 0.25) is 0 Å². The molecule has 2 N–H and O–H groups in total. The molecule has 0 amide bonds. The lowest BCUT2D eigenvalue weighted by atomic mass is 10.1. The monoisotopic (exact) mass is 343 g/mol. The molecule has 0 aliphatic rings. The number of anilines is 3. The van der Waals surface area contributed by atoms with Crippen LogP contribution in [-0.4, -0.2) is 15.0 Å². The fourth-order valence-corrected chi connectivity index (χ4v) is 2.31. The normalized spacial score (nSPS) is 11.8. The third-order valence-electron chi connectivity index (χ3n) is 3.39. The number of aromatic nitrogens is 3. The molecule has 0 aliphatic carbocycles. The first-order chi connectivity index (χ1) is 11.6. The molecule has 5 nitrogen and oxygen atoms in total. The fourth-order valence-electron chi connectivity index (χ4n) is 2.15. The molecule has 2 aromatic heterocycles. The van der Waals surface area contributed by atoms with E-state index in [1.165, 1.54) is 12.1 Å². The maximum Gasteiger partial charge on any atom is 0.150 e. The van der Waals surface area contributed by atoms with E-state index in [1.54, 1.807) is 42.9 Å². The predicted octanol–water partition coefficient (Wildman–Crippen LogP) is 4.58. The lowest BCUT2D eigenvalue weighted by Crippen LogP contribution is -2.09. The van der Waals surface area contributed by atoms with Crippen LogP contribution in [0.5, 0.6) is 0 Å². The Kier molecular flexibility index (Phi) is 4.86. The van der Waals surface area contributed by atoms with Crippen molar-refractivity contribution in [3.05, 3.63) is 71.4 Å². The van der Waals surface area contributed by atoms with E-state index in [0.29, 0.717) is 22.5 Å². The molecule has 0 saturated heterocycles. The standard InChI is InChI=1S/C17H15ClFN5/c1-11(12-2-4-13(19)5-3-12)22-17-14(18)6-7-15(24-17)23-16-10-20-8-9-21-16/h2-11H,1H3,(H2,21,22,23,24). The molecule has 1 atom stereocenters. The van der Waals surface area contributed by atoms with Crippen molar-refractivity contribution in [3.8, 4) is 0 Å². The number of pyridine rings is 1. The molecule has 0 saturated carbocycles. The molecule has 122 valence electrons. The lowest BCUT2D eigenvalue weighted by molar-refractivity contribution is 0.626. The highest BCUT2D eigenvalue weighted by Crippen LogP contribution is 2.26. The van der Waals surface area contributed by atoms with Gasteiger partial charge in [-0.1, -0.05) is 23.7 Å². The fraction of sp³-hybridized carbons (Fsp3) is 0.118. The van der Waals surface area contributed by atoms with E-state index in [-0.39, 0.29) is 11.9 Å². The van der Waals surface area contributed by atoms with E-state index in [9.17, 15) is 4.39 Å². The summed E-state index contributed by atoms with van der Waals surface area (Å²) in [5.41, 5.74) is 0.932. The van der Waals surface area contributed by atoms with E-state index < -0.39 is 0 Å². The number of hydrogen-bond acceptors (Lipinski definition) is 5. The van der Waals surface area contributed by atoms with E-state index in [4.69, 9.17) is 11.6 Å². The van der Waals surface area contributed by atoms with Crippen LogP contribution in [0.25, 0.3) is 0 Å². The van der Waals surface area contributed by atoms with Crippen LogP contribution in [0.2, 0.25) is 5.02 Å². The molecule has 24 heavy (non-hydrogen) atoms. The summed E-state index contributed by atoms with van der Waals surface area (Å²) in [7, 11) is 0.